The molecule has 46 heavy (non-hydrogen) atoms. The first-order valence-electron chi connectivity index (χ1n) is 16.1. The Kier molecular flexibility index (Phi) is 6.20. The number of hydrogen-bond acceptors (Lipinski definition) is 2. The van der Waals surface area contributed by atoms with Crippen LogP contribution in [0.1, 0.15) is 11.1 Å². The molecule has 0 bridgehead atoms. The van der Waals surface area contributed by atoms with Crippen molar-refractivity contribution < 1.29 is 0 Å². The minimum absolute atomic E-state index is 0.201. The third-order valence-electron chi connectivity index (χ3n) is 10.1. The van der Waals surface area contributed by atoms with Crippen LogP contribution < -0.4 is 15.8 Å². The van der Waals surface area contributed by atoms with Gasteiger partial charge in [-0.15, -0.1) is 11.3 Å². The summed E-state index contributed by atoms with van der Waals surface area (Å²) in [6.45, 7) is 7.14. The summed E-state index contributed by atoms with van der Waals surface area (Å²) in [5.74, 6) is 0. The van der Waals surface area contributed by atoms with Crippen LogP contribution >= 0.6 is 11.3 Å². The van der Waals surface area contributed by atoms with Crippen LogP contribution in [0.25, 0.3) is 53.9 Å². The van der Waals surface area contributed by atoms with Gasteiger partial charge in [0.2, 0.25) is 6.71 Å². The highest BCUT2D eigenvalue weighted by molar-refractivity contribution is 7.17. The maximum atomic E-state index is 2.53. The topological polar surface area (TPSA) is 3.24 Å². The second-order valence-corrected chi connectivity index (χ2v) is 13.6. The molecule has 0 amide bonds. The van der Waals surface area contributed by atoms with Gasteiger partial charge in [-0.2, -0.15) is 0 Å². The fourth-order valence-electron chi connectivity index (χ4n) is 7.77. The van der Waals surface area contributed by atoms with Crippen LogP contribution in [0, 0.1) is 13.8 Å². The first-order chi connectivity index (χ1) is 22.6. The highest BCUT2D eigenvalue weighted by Crippen LogP contribution is 2.45. The Hall–Kier alpha value is -5.12. The Morgan fingerprint density at radius 3 is 2.04 bits per heavy atom. The average molecular weight is 606 g/mol. The molecule has 0 atom stereocenters. The van der Waals surface area contributed by atoms with Gasteiger partial charge in [-0.3, -0.25) is 0 Å². The first kappa shape index (κ1) is 27.2. The zero-order valence-corrected chi connectivity index (χ0v) is 27.0. The summed E-state index contributed by atoms with van der Waals surface area (Å²) in [7, 11) is 0. The van der Waals surface area contributed by atoms with Crippen LogP contribution in [0.3, 0.4) is 0 Å². The molecule has 0 saturated heterocycles. The summed E-state index contributed by atoms with van der Waals surface area (Å²) in [5, 5.41) is 8.65. The average Bonchev–Trinajstić information content (AvgIpc) is 3.56. The highest BCUT2D eigenvalue weighted by Gasteiger charge is 2.35. The van der Waals surface area contributed by atoms with E-state index in [9.17, 15) is 0 Å². The van der Waals surface area contributed by atoms with E-state index in [0.717, 1.165) is 0 Å². The van der Waals surface area contributed by atoms with Crippen molar-refractivity contribution in [3.8, 4) is 22.3 Å². The zero-order valence-electron chi connectivity index (χ0n) is 26.2. The molecule has 1 aliphatic rings. The standard InChI is InChI=1S/C43H32BNS/c1-27-11-4-9-16-34(27)35-17-10-18-36(28(35)2)42-37-21-22-46-41(37)26-40-43(42)44(3)38-24-31-14-7-8-15-32(31)25-39(38)45(40)33-20-19-29-12-5-6-13-30(29)23-33/h4-26H,1-3H3. The number of hydrogen-bond donors (Lipinski definition) is 0. The van der Waals surface area contributed by atoms with Crippen molar-refractivity contribution in [2.75, 3.05) is 4.90 Å². The Morgan fingerprint density at radius 1 is 0.565 bits per heavy atom. The van der Waals surface area contributed by atoms with Gasteiger partial charge in [-0.25, -0.2) is 0 Å². The Bertz CT molecular complexity index is 2490. The Labute approximate surface area is 274 Å². The van der Waals surface area contributed by atoms with Crippen LogP contribution in [0.15, 0.2) is 139 Å². The summed E-state index contributed by atoms with van der Waals surface area (Å²) in [6, 6.07) is 49.6. The second-order valence-electron chi connectivity index (χ2n) is 12.7. The maximum absolute atomic E-state index is 2.53. The number of rotatable bonds is 3. The van der Waals surface area contributed by atoms with Gasteiger partial charge in [0.25, 0.3) is 0 Å². The SMILES string of the molecule is CB1c2cc3ccccc3cc2N(c2ccc3ccccc3c2)c2cc3sccc3c(-c3cccc(-c4ccccc4C)c3C)c21. The molecule has 0 N–H and O–H groups in total. The normalized spacial score (nSPS) is 12.6. The maximum Gasteiger partial charge on any atom is 0.212 e. The largest absolute Gasteiger partial charge is 0.311 e. The molecule has 3 heteroatoms. The van der Waals surface area contributed by atoms with Crippen molar-refractivity contribution in [3.05, 3.63) is 150 Å². The summed E-state index contributed by atoms with van der Waals surface area (Å²) in [5.41, 5.74) is 14.4. The lowest BCUT2D eigenvalue weighted by Crippen LogP contribution is -2.49. The van der Waals surface area contributed by atoms with Crippen molar-refractivity contribution >= 4 is 77.7 Å². The van der Waals surface area contributed by atoms with Crippen molar-refractivity contribution in [1.29, 1.82) is 0 Å². The molecule has 0 fully saturated rings. The number of thiophene rings is 1. The van der Waals surface area contributed by atoms with E-state index < -0.39 is 0 Å². The zero-order chi connectivity index (χ0) is 30.9. The Morgan fingerprint density at radius 2 is 1.24 bits per heavy atom. The summed E-state index contributed by atoms with van der Waals surface area (Å²) < 4.78 is 1.32. The molecule has 7 aromatic carbocycles. The molecule has 218 valence electrons. The van der Waals surface area contributed by atoms with E-state index in [1.54, 1.807) is 0 Å². The van der Waals surface area contributed by atoms with E-state index in [0.29, 0.717) is 0 Å². The van der Waals surface area contributed by atoms with Crippen LogP contribution in [0.2, 0.25) is 6.82 Å². The molecule has 0 unspecified atom stereocenters. The van der Waals surface area contributed by atoms with Gasteiger partial charge in [0, 0.05) is 21.8 Å². The molecule has 0 aliphatic carbocycles. The first-order valence-corrected chi connectivity index (χ1v) is 17.0. The fourth-order valence-corrected chi connectivity index (χ4v) is 8.59. The van der Waals surface area contributed by atoms with Crippen molar-refractivity contribution in [2.24, 2.45) is 0 Å². The van der Waals surface area contributed by atoms with Crippen molar-refractivity contribution in [3.63, 3.8) is 0 Å². The molecule has 9 rings (SSSR count). The quantitative estimate of drug-likeness (QED) is 0.181. The van der Waals surface area contributed by atoms with Crippen molar-refractivity contribution in [1.82, 2.24) is 0 Å². The third-order valence-corrected chi connectivity index (χ3v) is 10.9. The lowest BCUT2D eigenvalue weighted by Gasteiger charge is -2.38. The van der Waals surface area contributed by atoms with Gasteiger partial charge in [0.1, 0.15) is 0 Å². The molecule has 2 heterocycles. The van der Waals surface area contributed by atoms with E-state index in [4.69, 9.17) is 0 Å². The third kappa shape index (κ3) is 4.09. The van der Waals surface area contributed by atoms with E-state index in [1.807, 2.05) is 11.3 Å². The van der Waals surface area contributed by atoms with E-state index in [1.165, 1.54) is 93.0 Å². The molecule has 0 radical (unpaired) electrons. The Balaban J connectivity index is 1.38. The summed E-state index contributed by atoms with van der Waals surface area (Å²) >= 11 is 1.84. The summed E-state index contributed by atoms with van der Waals surface area (Å²) in [4.78, 5) is 2.53. The molecular formula is C43H32BNS. The lowest BCUT2D eigenvalue weighted by atomic mass is 9.39. The molecule has 0 saturated carbocycles. The van der Waals surface area contributed by atoms with Gasteiger partial charge < -0.3 is 4.90 Å². The number of fused-ring (bicyclic) bond motifs is 5. The van der Waals surface area contributed by atoms with E-state index in [-0.39, 0.29) is 6.71 Å². The van der Waals surface area contributed by atoms with E-state index in [2.05, 4.69) is 164 Å². The monoisotopic (exact) mass is 605 g/mol. The minimum atomic E-state index is 0.201. The molecule has 1 aliphatic heterocycles. The fraction of sp³-hybridized carbons (Fsp3) is 0.0698. The second kappa shape index (κ2) is 10.5. The van der Waals surface area contributed by atoms with Gasteiger partial charge in [0.05, 0.1) is 0 Å². The predicted molar refractivity (Wildman–Crippen MR) is 203 cm³/mol. The molecule has 8 aromatic rings. The molecule has 1 nitrogen and oxygen atoms in total. The van der Waals surface area contributed by atoms with E-state index >= 15 is 0 Å². The number of aryl methyl sites for hydroxylation is 1. The van der Waals surface area contributed by atoms with Gasteiger partial charge in [-0.1, -0.05) is 115 Å². The molecule has 1 aromatic heterocycles. The smallest absolute Gasteiger partial charge is 0.212 e. The van der Waals surface area contributed by atoms with Gasteiger partial charge in [0.15, 0.2) is 0 Å². The molecular weight excluding hydrogens is 573 g/mol. The van der Waals surface area contributed by atoms with Crippen LogP contribution in [-0.4, -0.2) is 6.71 Å². The highest BCUT2D eigenvalue weighted by atomic mass is 32.1. The molecule has 0 spiro atoms. The number of nitrogens with zero attached hydrogens (tertiary/aromatic N) is 1. The number of benzene rings is 7. The van der Waals surface area contributed by atoms with Crippen LogP contribution in [-0.2, 0) is 0 Å². The van der Waals surface area contributed by atoms with Crippen molar-refractivity contribution in [2.45, 2.75) is 20.7 Å². The predicted octanol–water partition coefficient (Wildman–Crippen LogP) is 11.2. The summed E-state index contributed by atoms with van der Waals surface area (Å²) in [6.07, 6.45) is 0. The van der Waals surface area contributed by atoms with Crippen LogP contribution in [0.5, 0.6) is 0 Å². The lowest BCUT2D eigenvalue weighted by molar-refractivity contribution is 1.31. The van der Waals surface area contributed by atoms with Gasteiger partial charge in [-0.05, 0) is 115 Å². The van der Waals surface area contributed by atoms with Crippen LogP contribution in [0.4, 0.5) is 17.1 Å². The number of anilines is 3. The minimum Gasteiger partial charge on any atom is -0.311 e. The van der Waals surface area contributed by atoms with Gasteiger partial charge >= 0.3 is 0 Å².